The van der Waals surface area contributed by atoms with Gasteiger partial charge in [0, 0.05) is 5.39 Å². The molecule has 4 aromatic rings. The number of rotatable bonds is 5. The first-order valence-corrected chi connectivity index (χ1v) is 9.91. The van der Waals surface area contributed by atoms with Crippen molar-refractivity contribution in [2.75, 3.05) is 0 Å². The Hall–Kier alpha value is -3.67. The van der Waals surface area contributed by atoms with E-state index in [4.69, 9.17) is 4.74 Å². The summed E-state index contributed by atoms with van der Waals surface area (Å²) in [6.07, 6.45) is 0.431. The normalized spacial score (nSPS) is 11.0. The fourth-order valence-corrected chi connectivity index (χ4v) is 3.63. The van der Waals surface area contributed by atoms with Gasteiger partial charge < -0.3 is 4.74 Å². The lowest BCUT2D eigenvalue weighted by molar-refractivity contribution is 0.413. The molecule has 2 aromatic carbocycles. The number of benzene rings is 2. The van der Waals surface area contributed by atoms with Crippen molar-refractivity contribution in [1.29, 1.82) is 0 Å². The van der Waals surface area contributed by atoms with Crippen molar-refractivity contribution < 1.29 is 4.74 Å². The van der Waals surface area contributed by atoms with Crippen molar-refractivity contribution in [1.82, 2.24) is 14.5 Å². The number of nitrogens with one attached hydrogen (secondary N) is 1. The van der Waals surface area contributed by atoms with Gasteiger partial charge in [-0.3, -0.25) is 19.3 Å². The average molecular weight is 401 g/mol. The number of hydrogen-bond donors (Lipinski definition) is 1. The minimum atomic E-state index is -0.522. The summed E-state index contributed by atoms with van der Waals surface area (Å²) >= 11 is 0. The molecule has 0 aliphatic heterocycles. The lowest BCUT2D eigenvalue weighted by Gasteiger charge is -2.16. The highest BCUT2D eigenvalue weighted by Gasteiger charge is 2.17. The molecule has 0 aliphatic rings. The predicted octanol–water partition coefficient (Wildman–Crippen LogP) is 4.10. The van der Waals surface area contributed by atoms with Crippen molar-refractivity contribution >= 4 is 10.9 Å². The van der Waals surface area contributed by atoms with Crippen molar-refractivity contribution in [2.45, 2.75) is 33.7 Å². The molecule has 0 amide bonds. The van der Waals surface area contributed by atoms with E-state index in [0.717, 1.165) is 22.0 Å². The summed E-state index contributed by atoms with van der Waals surface area (Å²) < 4.78 is 7.57. The predicted molar refractivity (Wildman–Crippen MR) is 118 cm³/mol. The first-order chi connectivity index (χ1) is 14.4. The van der Waals surface area contributed by atoms with Crippen LogP contribution >= 0.6 is 0 Å². The van der Waals surface area contributed by atoms with E-state index in [9.17, 15) is 9.59 Å². The molecule has 0 spiro atoms. The van der Waals surface area contributed by atoms with Gasteiger partial charge in [0.15, 0.2) is 0 Å². The molecule has 6 heteroatoms. The second-order valence-electron chi connectivity index (χ2n) is 7.40. The van der Waals surface area contributed by atoms with Gasteiger partial charge >= 0.3 is 5.69 Å². The van der Waals surface area contributed by atoms with E-state index < -0.39 is 11.2 Å². The largest absolute Gasteiger partial charge is 0.440 e. The van der Waals surface area contributed by atoms with Crippen LogP contribution in [0, 0.1) is 13.8 Å². The number of para-hydroxylation sites is 1. The monoisotopic (exact) mass is 401 g/mol. The van der Waals surface area contributed by atoms with Gasteiger partial charge in [0.2, 0.25) is 5.88 Å². The molecule has 0 aliphatic carbocycles. The summed E-state index contributed by atoms with van der Waals surface area (Å²) in [4.78, 5) is 32.2. The molecule has 1 N–H and O–H groups in total. The second kappa shape index (κ2) is 7.99. The van der Waals surface area contributed by atoms with E-state index >= 15 is 0 Å². The van der Waals surface area contributed by atoms with E-state index in [2.05, 4.69) is 9.97 Å². The van der Waals surface area contributed by atoms with E-state index in [0.29, 0.717) is 23.4 Å². The van der Waals surface area contributed by atoms with Crippen LogP contribution < -0.4 is 16.0 Å². The number of nitrogens with zero attached hydrogens (tertiary/aromatic N) is 2. The highest BCUT2D eigenvalue weighted by molar-refractivity contribution is 5.78. The maximum absolute atomic E-state index is 12.7. The van der Waals surface area contributed by atoms with Gasteiger partial charge in [-0.25, -0.2) is 4.79 Å². The highest BCUT2D eigenvalue weighted by atomic mass is 16.5. The summed E-state index contributed by atoms with van der Waals surface area (Å²) in [5.74, 6) is 0.846. The van der Waals surface area contributed by atoms with E-state index in [1.165, 1.54) is 4.57 Å². The van der Waals surface area contributed by atoms with Crippen molar-refractivity contribution in [3.63, 3.8) is 0 Å². The smallest absolute Gasteiger partial charge is 0.331 e. The summed E-state index contributed by atoms with van der Waals surface area (Å²) in [5.41, 5.74) is 3.11. The van der Waals surface area contributed by atoms with Crippen molar-refractivity contribution in [3.8, 4) is 11.6 Å². The molecular formula is C24H23N3O3. The quantitative estimate of drug-likeness (QED) is 0.546. The highest BCUT2D eigenvalue weighted by Crippen LogP contribution is 2.25. The third kappa shape index (κ3) is 3.89. The van der Waals surface area contributed by atoms with Crippen molar-refractivity contribution in [3.05, 3.63) is 97.8 Å². The second-order valence-corrected chi connectivity index (χ2v) is 7.40. The summed E-state index contributed by atoms with van der Waals surface area (Å²) in [5, 5.41) is 1.02. The molecule has 4 rings (SSSR count). The van der Waals surface area contributed by atoms with Gasteiger partial charge in [-0.1, -0.05) is 37.3 Å². The van der Waals surface area contributed by atoms with Gasteiger partial charge in [0.25, 0.3) is 5.56 Å². The first-order valence-electron chi connectivity index (χ1n) is 9.91. The van der Waals surface area contributed by atoms with Crippen LogP contribution in [-0.4, -0.2) is 14.5 Å². The molecular weight excluding hydrogens is 378 g/mol. The third-order valence-corrected chi connectivity index (χ3v) is 4.98. The minimum absolute atomic E-state index is 0.188. The molecule has 0 unspecified atom stereocenters. The molecule has 0 bridgehead atoms. The SMILES string of the molecule is CCc1c(Oc2cc(C)cc(C)c2)n(Cc2ccc3ccccc3n2)c(=O)[nH]c1=O. The number of hydrogen-bond acceptors (Lipinski definition) is 4. The van der Waals surface area contributed by atoms with Crippen LogP contribution in [0.2, 0.25) is 0 Å². The number of aromatic amines is 1. The van der Waals surface area contributed by atoms with Crippen LogP contribution in [0.4, 0.5) is 0 Å². The Morgan fingerprint density at radius 3 is 2.47 bits per heavy atom. The molecule has 2 aromatic heterocycles. The lowest BCUT2D eigenvalue weighted by Crippen LogP contribution is -2.33. The standard InChI is InChI=1S/C24H23N3O3/c1-4-20-22(28)26-24(29)27(23(20)30-19-12-15(2)11-16(3)13-19)14-18-10-9-17-7-5-6-8-21(17)25-18/h5-13H,4,14H2,1-3H3,(H,26,28,29). The first kappa shape index (κ1) is 19.6. The van der Waals surface area contributed by atoms with Gasteiger partial charge in [-0.15, -0.1) is 0 Å². The Morgan fingerprint density at radius 2 is 1.73 bits per heavy atom. The number of H-pyrrole nitrogens is 1. The molecule has 0 radical (unpaired) electrons. The lowest BCUT2D eigenvalue weighted by atomic mass is 10.1. The summed E-state index contributed by atoms with van der Waals surface area (Å²) in [6, 6.07) is 17.5. The molecule has 2 heterocycles. The number of ether oxygens (including phenoxy) is 1. The zero-order valence-electron chi connectivity index (χ0n) is 17.2. The van der Waals surface area contributed by atoms with E-state index in [-0.39, 0.29) is 12.4 Å². The topological polar surface area (TPSA) is 77.0 Å². The molecule has 0 saturated carbocycles. The number of aromatic nitrogens is 3. The molecule has 30 heavy (non-hydrogen) atoms. The van der Waals surface area contributed by atoms with Crippen LogP contribution in [-0.2, 0) is 13.0 Å². The van der Waals surface area contributed by atoms with E-state index in [1.807, 2.05) is 75.4 Å². The third-order valence-electron chi connectivity index (χ3n) is 4.98. The fraction of sp³-hybridized carbons (Fsp3) is 0.208. The average Bonchev–Trinajstić information content (AvgIpc) is 2.70. The zero-order valence-corrected chi connectivity index (χ0v) is 17.2. The summed E-state index contributed by atoms with van der Waals surface area (Å²) in [7, 11) is 0. The Morgan fingerprint density at radius 1 is 1.00 bits per heavy atom. The number of fused-ring (bicyclic) bond motifs is 1. The van der Waals surface area contributed by atoms with Crippen LogP contribution in [0.1, 0.15) is 29.3 Å². The molecule has 0 atom stereocenters. The maximum atomic E-state index is 12.7. The minimum Gasteiger partial charge on any atom is -0.440 e. The number of pyridine rings is 1. The Balaban J connectivity index is 1.83. The van der Waals surface area contributed by atoms with Crippen LogP contribution in [0.5, 0.6) is 11.6 Å². The van der Waals surface area contributed by atoms with Gasteiger partial charge in [0.05, 0.1) is 23.3 Å². The molecule has 0 saturated heterocycles. The van der Waals surface area contributed by atoms with Gasteiger partial charge in [-0.2, -0.15) is 0 Å². The van der Waals surface area contributed by atoms with E-state index in [1.54, 1.807) is 0 Å². The van der Waals surface area contributed by atoms with Crippen LogP contribution in [0.15, 0.2) is 64.2 Å². The fourth-order valence-electron chi connectivity index (χ4n) is 3.63. The summed E-state index contributed by atoms with van der Waals surface area (Å²) in [6.45, 7) is 6.00. The Bertz CT molecular complexity index is 1330. The maximum Gasteiger partial charge on any atom is 0.331 e. The Labute approximate surface area is 173 Å². The zero-order chi connectivity index (χ0) is 21.3. The van der Waals surface area contributed by atoms with Crippen LogP contribution in [0.3, 0.4) is 0 Å². The molecule has 0 fully saturated rings. The van der Waals surface area contributed by atoms with Gasteiger partial charge in [-0.05, 0) is 55.7 Å². The Kier molecular flexibility index (Phi) is 5.23. The number of aryl methyl sites for hydroxylation is 2. The van der Waals surface area contributed by atoms with Crippen molar-refractivity contribution in [2.24, 2.45) is 0 Å². The van der Waals surface area contributed by atoms with Crippen LogP contribution in [0.25, 0.3) is 10.9 Å². The molecule has 152 valence electrons. The molecule has 6 nitrogen and oxygen atoms in total. The van der Waals surface area contributed by atoms with Gasteiger partial charge in [0.1, 0.15) is 5.75 Å².